The molecule has 23 heavy (non-hydrogen) atoms. The molecule has 0 aromatic heterocycles. The molecule has 126 valence electrons. The van der Waals surface area contributed by atoms with E-state index >= 15 is 0 Å². The molecule has 2 atom stereocenters. The van der Waals surface area contributed by atoms with Gasteiger partial charge in [0.05, 0.1) is 6.04 Å². The number of fused-ring (bicyclic) bond motifs is 1. The Labute approximate surface area is 139 Å². The van der Waals surface area contributed by atoms with Crippen molar-refractivity contribution in [1.82, 2.24) is 0 Å². The Morgan fingerprint density at radius 3 is 2.70 bits per heavy atom. The first-order valence-electron chi connectivity index (χ1n) is 9.34. The van der Waals surface area contributed by atoms with Crippen LogP contribution in [0.5, 0.6) is 11.5 Å². The summed E-state index contributed by atoms with van der Waals surface area (Å²) in [6.07, 6.45) is 5.80. The molecule has 1 aliphatic carbocycles. The number of hydrogen-bond donors (Lipinski definition) is 2. The van der Waals surface area contributed by atoms with Crippen molar-refractivity contribution in [2.24, 2.45) is 5.92 Å². The van der Waals surface area contributed by atoms with E-state index in [9.17, 15) is 0 Å². The van der Waals surface area contributed by atoms with Crippen LogP contribution < -0.4 is 19.3 Å². The highest BCUT2D eigenvalue weighted by atomic mass is 16.7. The summed E-state index contributed by atoms with van der Waals surface area (Å²) >= 11 is 0. The minimum Gasteiger partial charge on any atom is -0.454 e. The van der Waals surface area contributed by atoms with Gasteiger partial charge in [-0.15, -0.1) is 0 Å². The maximum atomic E-state index is 5.50. The lowest BCUT2D eigenvalue weighted by molar-refractivity contribution is -1.03. The number of hydrogen-bond acceptors (Lipinski definition) is 2. The minimum absolute atomic E-state index is 0.369. The van der Waals surface area contributed by atoms with Crippen molar-refractivity contribution in [2.75, 3.05) is 33.0 Å². The predicted octanol–water partition coefficient (Wildman–Crippen LogP) is 0.277. The van der Waals surface area contributed by atoms with Gasteiger partial charge in [-0.1, -0.05) is 13.3 Å². The summed E-state index contributed by atoms with van der Waals surface area (Å²) < 4.78 is 10.9. The van der Waals surface area contributed by atoms with Gasteiger partial charge >= 0.3 is 0 Å². The van der Waals surface area contributed by atoms with Gasteiger partial charge in [0.2, 0.25) is 6.79 Å². The number of ether oxygens (including phenoxy) is 2. The smallest absolute Gasteiger partial charge is 0.231 e. The van der Waals surface area contributed by atoms with Gasteiger partial charge in [-0.05, 0) is 37.0 Å². The van der Waals surface area contributed by atoms with Crippen molar-refractivity contribution in [1.29, 1.82) is 0 Å². The molecule has 2 aliphatic heterocycles. The van der Waals surface area contributed by atoms with Gasteiger partial charge in [0, 0.05) is 12.0 Å². The van der Waals surface area contributed by atoms with Gasteiger partial charge in [0.1, 0.15) is 32.7 Å². The Morgan fingerprint density at radius 2 is 1.87 bits per heavy atom. The molecular weight excluding hydrogens is 288 g/mol. The van der Waals surface area contributed by atoms with E-state index in [-0.39, 0.29) is 0 Å². The summed E-state index contributed by atoms with van der Waals surface area (Å²) in [6, 6.07) is 7.35. The lowest BCUT2D eigenvalue weighted by Gasteiger charge is -2.37. The average molecular weight is 318 g/mol. The van der Waals surface area contributed by atoms with Gasteiger partial charge < -0.3 is 19.3 Å². The summed E-state index contributed by atoms with van der Waals surface area (Å²) in [7, 11) is 0. The van der Waals surface area contributed by atoms with Crippen molar-refractivity contribution in [3.63, 3.8) is 0 Å². The third kappa shape index (κ3) is 3.48. The van der Waals surface area contributed by atoms with Crippen LogP contribution in [-0.4, -0.2) is 39.0 Å². The second-order valence-electron chi connectivity index (χ2n) is 7.74. The average Bonchev–Trinajstić information content (AvgIpc) is 3.03. The topological polar surface area (TPSA) is 27.3 Å². The normalized spacial score (nSPS) is 33.6. The van der Waals surface area contributed by atoms with E-state index in [0.717, 1.165) is 30.0 Å². The van der Waals surface area contributed by atoms with Crippen LogP contribution >= 0.6 is 0 Å². The van der Waals surface area contributed by atoms with Crippen LogP contribution in [0.1, 0.15) is 38.2 Å². The Morgan fingerprint density at radius 1 is 1.04 bits per heavy atom. The number of quaternary nitrogens is 2. The largest absolute Gasteiger partial charge is 0.454 e. The van der Waals surface area contributed by atoms with E-state index in [1.807, 2.05) is 4.90 Å². The van der Waals surface area contributed by atoms with Crippen LogP contribution in [0, 0.1) is 5.92 Å². The molecule has 1 aromatic carbocycles. The second-order valence-corrected chi connectivity index (χ2v) is 7.74. The first kappa shape index (κ1) is 15.3. The fraction of sp³-hybridized carbons (Fsp3) is 0.684. The molecule has 0 radical (unpaired) electrons. The Hall–Kier alpha value is -1.26. The molecule has 0 amide bonds. The minimum atomic E-state index is 0.369. The van der Waals surface area contributed by atoms with E-state index < -0.39 is 0 Å². The van der Waals surface area contributed by atoms with Crippen LogP contribution in [0.3, 0.4) is 0 Å². The Kier molecular flexibility index (Phi) is 4.45. The van der Waals surface area contributed by atoms with Crippen molar-refractivity contribution in [3.8, 4) is 11.5 Å². The number of nitrogens with one attached hydrogen (secondary N) is 2. The maximum Gasteiger partial charge on any atom is 0.231 e. The second kappa shape index (κ2) is 6.70. The molecule has 4 rings (SSSR count). The number of piperazine rings is 1. The summed E-state index contributed by atoms with van der Waals surface area (Å²) in [6.45, 7) is 9.21. The SMILES string of the molecule is C[C@H]1CCC[C@@H]([NH+]2CC[NH+](Cc3ccc4c(c3)OCO4)CC2)C1. The van der Waals surface area contributed by atoms with E-state index in [4.69, 9.17) is 9.47 Å². The number of rotatable bonds is 3. The highest BCUT2D eigenvalue weighted by Gasteiger charge is 2.32. The summed E-state index contributed by atoms with van der Waals surface area (Å²) in [5, 5.41) is 0. The maximum absolute atomic E-state index is 5.50. The van der Waals surface area contributed by atoms with Crippen LogP contribution in [-0.2, 0) is 6.54 Å². The van der Waals surface area contributed by atoms with Crippen molar-refractivity contribution < 1.29 is 19.3 Å². The fourth-order valence-corrected chi connectivity index (χ4v) is 4.65. The zero-order valence-electron chi connectivity index (χ0n) is 14.3. The zero-order valence-corrected chi connectivity index (χ0v) is 14.3. The first-order valence-corrected chi connectivity index (χ1v) is 9.34. The van der Waals surface area contributed by atoms with Gasteiger partial charge in [-0.25, -0.2) is 0 Å². The molecular formula is C19H30N2O2+2. The third-order valence-electron chi connectivity index (χ3n) is 6.00. The highest BCUT2D eigenvalue weighted by Crippen LogP contribution is 2.32. The van der Waals surface area contributed by atoms with E-state index in [0.29, 0.717) is 6.79 Å². The molecule has 3 aliphatic rings. The fourth-order valence-electron chi connectivity index (χ4n) is 4.65. The molecule has 1 saturated carbocycles. The molecule has 2 heterocycles. The molecule has 4 nitrogen and oxygen atoms in total. The van der Waals surface area contributed by atoms with Crippen molar-refractivity contribution >= 4 is 0 Å². The predicted molar refractivity (Wildman–Crippen MR) is 89.1 cm³/mol. The van der Waals surface area contributed by atoms with Crippen LogP contribution in [0.2, 0.25) is 0 Å². The van der Waals surface area contributed by atoms with E-state index in [1.54, 1.807) is 4.90 Å². The molecule has 2 N–H and O–H groups in total. The van der Waals surface area contributed by atoms with Crippen LogP contribution in [0.25, 0.3) is 0 Å². The zero-order chi connectivity index (χ0) is 15.6. The van der Waals surface area contributed by atoms with E-state index in [2.05, 4.69) is 25.1 Å². The van der Waals surface area contributed by atoms with Crippen LogP contribution in [0.4, 0.5) is 0 Å². The van der Waals surface area contributed by atoms with E-state index in [1.165, 1.54) is 57.4 Å². The van der Waals surface area contributed by atoms with Crippen LogP contribution in [0.15, 0.2) is 18.2 Å². The number of benzene rings is 1. The van der Waals surface area contributed by atoms with Gasteiger partial charge in [-0.3, -0.25) is 0 Å². The lowest BCUT2D eigenvalue weighted by atomic mass is 9.86. The molecule has 0 bridgehead atoms. The summed E-state index contributed by atoms with van der Waals surface area (Å²) in [5.74, 6) is 2.76. The molecule has 2 fully saturated rings. The van der Waals surface area contributed by atoms with Gasteiger partial charge in [-0.2, -0.15) is 0 Å². The Balaban J connectivity index is 1.30. The summed E-state index contributed by atoms with van der Waals surface area (Å²) in [4.78, 5) is 3.60. The summed E-state index contributed by atoms with van der Waals surface area (Å²) in [5.41, 5.74) is 1.37. The van der Waals surface area contributed by atoms with Crippen molar-refractivity contribution in [3.05, 3.63) is 23.8 Å². The molecule has 0 unspecified atom stereocenters. The standard InChI is InChI=1S/C19H28N2O2/c1-15-3-2-4-17(11-15)21-9-7-20(8-10-21)13-16-5-6-18-19(12-16)23-14-22-18/h5-6,12,15,17H,2-4,7-11,13-14H2,1H3/p+2/t15-,17+/m0/s1. The monoisotopic (exact) mass is 318 g/mol. The lowest BCUT2D eigenvalue weighted by Crippen LogP contribution is -3.29. The molecule has 0 spiro atoms. The third-order valence-corrected chi connectivity index (χ3v) is 6.00. The quantitative estimate of drug-likeness (QED) is 0.838. The highest BCUT2D eigenvalue weighted by molar-refractivity contribution is 5.44. The molecule has 1 saturated heterocycles. The molecule has 4 heteroatoms. The Bertz CT molecular complexity index is 540. The van der Waals surface area contributed by atoms with Gasteiger partial charge in [0.15, 0.2) is 11.5 Å². The van der Waals surface area contributed by atoms with Gasteiger partial charge in [0.25, 0.3) is 0 Å². The van der Waals surface area contributed by atoms with Crippen molar-refractivity contribution in [2.45, 2.75) is 45.2 Å². The first-order chi connectivity index (χ1) is 11.3. The molecule has 1 aromatic rings.